The van der Waals surface area contributed by atoms with E-state index in [9.17, 15) is 0 Å². The van der Waals surface area contributed by atoms with Gasteiger partial charge in [0.15, 0.2) is 0 Å². The van der Waals surface area contributed by atoms with Gasteiger partial charge in [0.25, 0.3) is 0 Å². The van der Waals surface area contributed by atoms with E-state index < -0.39 is 0 Å². The van der Waals surface area contributed by atoms with Crippen LogP contribution in [0, 0.1) is 11.8 Å². The van der Waals surface area contributed by atoms with Crippen molar-refractivity contribution >= 4 is 0 Å². The van der Waals surface area contributed by atoms with Crippen molar-refractivity contribution in [3.63, 3.8) is 0 Å². The molecule has 0 amide bonds. The van der Waals surface area contributed by atoms with Crippen molar-refractivity contribution in [2.75, 3.05) is 0 Å². The molecular formula is C25H17O+. The molecule has 0 spiro atoms. The highest BCUT2D eigenvalue weighted by molar-refractivity contribution is 5.66. The van der Waals surface area contributed by atoms with Gasteiger partial charge in [0.1, 0.15) is 0 Å². The lowest BCUT2D eigenvalue weighted by Crippen LogP contribution is -1.85. The lowest BCUT2D eigenvalue weighted by atomic mass is 10.1. The van der Waals surface area contributed by atoms with Crippen LogP contribution >= 0.6 is 0 Å². The molecule has 0 bridgehead atoms. The molecule has 0 aliphatic heterocycles. The second-order valence-corrected chi connectivity index (χ2v) is 5.92. The standard InChI is InChI=1S/C25H17O/c1-4-10-20(11-5-1)16-17-21-18-24(22-12-6-2-7-13-22)26-25(19-21)23-14-8-3-9-15-23/h1-15,18-19H/q+1. The maximum absolute atomic E-state index is 6.17. The highest BCUT2D eigenvalue weighted by Crippen LogP contribution is 2.28. The maximum Gasteiger partial charge on any atom is 0.362 e. The first-order valence-electron chi connectivity index (χ1n) is 8.54. The van der Waals surface area contributed by atoms with Crippen LogP contribution in [0.25, 0.3) is 22.6 Å². The summed E-state index contributed by atoms with van der Waals surface area (Å²) in [6.45, 7) is 0. The van der Waals surface area contributed by atoms with Crippen LogP contribution in [0.5, 0.6) is 0 Å². The van der Waals surface area contributed by atoms with E-state index in [1.165, 1.54) is 0 Å². The molecule has 0 unspecified atom stereocenters. The summed E-state index contributed by atoms with van der Waals surface area (Å²) in [6, 6.07) is 34.2. The smallest absolute Gasteiger partial charge is 0.207 e. The Morgan fingerprint density at radius 1 is 0.462 bits per heavy atom. The van der Waals surface area contributed by atoms with Crippen molar-refractivity contribution in [3.8, 4) is 34.5 Å². The van der Waals surface area contributed by atoms with Crippen molar-refractivity contribution in [1.82, 2.24) is 0 Å². The van der Waals surface area contributed by atoms with Crippen molar-refractivity contribution in [3.05, 3.63) is 114 Å². The zero-order chi connectivity index (χ0) is 17.6. The Morgan fingerprint density at radius 2 is 0.885 bits per heavy atom. The molecule has 1 nitrogen and oxygen atoms in total. The van der Waals surface area contributed by atoms with Gasteiger partial charge in [-0.3, -0.25) is 0 Å². The number of hydrogen-bond acceptors (Lipinski definition) is 0. The summed E-state index contributed by atoms with van der Waals surface area (Å²) in [6.07, 6.45) is 0. The van der Waals surface area contributed by atoms with Gasteiger partial charge in [-0.1, -0.05) is 66.4 Å². The van der Waals surface area contributed by atoms with Crippen LogP contribution in [0.15, 0.2) is 108 Å². The summed E-state index contributed by atoms with van der Waals surface area (Å²) >= 11 is 0. The van der Waals surface area contributed by atoms with Crippen LogP contribution in [0.2, 0.25) is 0 Å². The molecule has 4 rings (SSSR count). The monoisotopic (exact) mass is 333 g/mol. The normalized spacial score (nSPS) is 10.0. The molecule has 4 aromatic rings. The van der Waals surface area contributed by atoms with E-state index in [1.807, 2.05) is 103 Å². The van der Waals surface area contributed by atoms with E-state index >= 15 is 0 Å². The minimum Gasteiger partial charge on any atom is -0.207 e. The zero-order valence-corrected chi connectivity index (χ0v) is 14.2. The molecule has 0 aliphatic rings. The second kappa shape index (κ2) is 7.51. The number of hydrogen-bond donors (Lipinski definition) is 0. The molecule has 0 atom stereocenters. The first-order valence-corrected chi connectivity index (χ1v) is 8.54. The van der Waals surface area contributed by atoms with Gasteiger partial charge < -0.3 is 0 Å². The second-order valence-electron chi connectivity index (χ2n) is 5.92. The van der Waals surface area contributed by atoms with Crippen LogP contribution < -0.4 is 0 Å². The minimum atomic E-state index is 0.810. The first-order chi connectivity index (χ1) is 12.9. The highest BCUT2D eigenvalue weighted by Gasteiger charge is 2.18. The van der Waals surface area contributed by atoms with Gasteiger partial charge in [-0.15, -0.1) is 0 Å². The topological polar surface area (TPSA) is 11.3 Å². The van der Waals surface area contributed by atoms with Gasteiger partial charge in [0.05, 0.1) is 23.3 Å². The summed E-state index contributed by atoms with van der Waals surface area (Å²) in [7, 11) is 0. The average Bonchev–Trinajstić information content (AvgIpc) is 2.74. The van der Waals surface area contributed by atoms with Crippen molar-refractivity contribution in [1.29, 1.82) is 0 Å². The molecule has 26 heavy (non-hydrogen) atoms. The third-order valence-electron chi connectivity index (χ3n) is 4.03. The number of benzene rings is 3. The molecule has 0 fully saturated rings. The molecule has 3 aromatic carbocycles. The maximum atomic E-state index is 6.17. The Labute approximate surface area is 153 Å². The average molecular weight is 333 g/mol. The lowest BCUT2D eigenvalue weighted by Gasteiger charge is -1.97. The molecule has 0 saturated carbocycles. The SMILES string of the molecule is C(#Cc1cc(-c2ccccc2)[o+]c(-c2ccccc2)c1)c1ccccc1. The van der Waals surface area contributed by atoms with Crippen molar-refractivity contribution in [2.24, 2.45) is 0 Å². The minimum absolute atomic E-state index is 0.810. The van der Waals surface area contributed by atoms with Crippen LogP contribution in [0.3, 0.4) is 0 Å². The van der Waals surface area contributed by atoms with Crippen molar-refractivity contribution < 1.29 is 4.42 Å². The van der Waals surface area contributed by atoms with Gasteiger partial charge >= 0.3 is 11.5 Å². The van der Waals surface area contributed by atoms with Crippen molar-refractivity contribution in [2.45, 2.75) is 0 Å². The summed E-state index contributed by atoms with van der Waals surface area (Å²) in [5, 5.41) is 0. The quantitative estimate of drug-likeness (QED) is 0.310. The lowest BCUT2D eigenvalue weighted by molar-refractivity contribution is 0.581. The summed E-state index contributed by atoms with van der Waals surface area (Å²) in [5.41, 5.74) is 4.00. The molecule has 0 saturated heterocycles. The predicted molar refractivity (Wildman–Crippen MR) is 106 cm³/mol. The van der Waals surface area contributed by atoms with E-state index in [2.05, 4.69) is 11.8 Å². The van der Waals surface area contributed by atoms with E-state index in [1.54, 1.807) is 0 Å². The zero-order valence-electron chi connectivity index (χ0n) is 14.2. The molecule has 1 heterocycles. The van der Waals surface area contributed by atoms with Crippen LogP contribution in [-0.2, 0) is 0 Å². The summed E-state index contributed by atoms with van der Waals surface area (Å²) in [4.78, 5) is 0. The third-order valence-corrected chi connectivity index (χ3v) is 4.03. The van der Waals surface area contributed by atoms with E-state index in [-0.39, 0.29) is 0 Å². The van der Waals surface area contributed by atoms with Gasteiger partial charge in [-0.2, -0.15) is 0 Å². The fraction of sp³-hybridized carbons (Fsp3) is 0. The first kappa shape index (κ1) is 15.9. The molecule has 122 valence electrons. The highest BCUT2D eigenvalue weighted by atomic mass is 16.3. The molecule has 0 N–H and O–H groups in total. The largest absolute Gasteiger partial charge is 0.362 e. The molecular weight excluding hydrogens is 316 g/mol. The molecule has 0 aliphatic carbocycles. The number of rotatable bonds is 2. The van der Waals surface area contributed by atoms with Gasteiger partial charge in [-0.25, -0.2) is 4.42 Å². The van der Waals surface area contributed by atoms with E-state index in [4.69, 9.17) is 4.42 Å². The van der Waals surface area contributed by atoms with Gasteiger partial charge in [0.2, 0.25) is 0 Å². The van der Waals surface area contributed by atoms with Gasteiger partial charge in [0, 0.05) is 11.1 Å². The van der Waals surface area contributed by atoms with Gasteiger partial charge in [-0.05, 0) is 36.4 Å². The van der Waals surface area contributed by atoms with E-state index in [0.29, 0.717) is 0 Å². The summed E-state index contributed by atoms with van der Waals surface area (Å²) in [5.74, 6) is 8.12. The molecule has 1 aromatic heterocycles. The predicted octanol–water partition coefficient (Wildman–Crippen LogP) is 6.29. The third kappa shape index (κ3) is 3.71. The Hall–Kier alpha value is -3.63. The van der Waals surface area contributed by atoms with E-state index in [0.717, 1.165) is 33.8 Å². The molecule has 0 radical (unpaired) electrons. The fourth-order valence-electron chi connectivity index (χ4n) is 2.73. The summed E-state index contributed by atoms with van der Waals surface area (Å²) < 4.78 is 6.17. The Kier molecular flexibility index (Phi) is 4.58. The fourth-order valence-corrected chi connectivity index (χ4v) is 2.73. The van der Waals surface area contributed by atoms with Crippen LogP contribution in [-0.4, -0.2) is 0 Å². The molecule has 1 heteroatoms. The van der Waals surface area contributed by atoms with Crippen LogP contribution in [0.4, 0.5) is 0 Å². The Balaban J connectivity index is 1.82. The Morgan fingerprint density at radius 3 is 1.38 bits per heavy atom. The van der Waals surface area contributed by atoms with Crippen LogP contribution in [0.1, 0.15) is 11.1 Å². The Bertz CT molecular complexity index is 999.